The van der Waals surface area contributed by atoms with Gasteiger partial charge in [0.1, 0.15) is 0 Å². The molecule has 0 bridgehead atoms. The summed E-state index contributed by atoms with van der Waals surface area (Å²) in [4.78, 5) is 21.7. The number of thiophene rings is 1. The van der Waals surface area contributed by atoms with Crippen LogP contribution >= 0.6 is 27.3 Å². The van der Waals surface area contributed by atoms with Crippen LogP contribution in [0.1, 0.15) is 29.6 Å². The molecule has 1 aromatic heterocycles. The number of carboxylic acids is 1. The van der Waals surface area contributed by atoms with Crippen molar-refractivity contribution in [3.63, 3.8) is 0 Å². The molecule has 0 spiro atoms. The number of unbranched alkanes of at least 4 members (excludes halogenated alkanes) is 1. The lowest BCUT2D eigenvalue weighted by atomic mass is 10.2. The van der Waals surface area contributed by atoms with E-state index in [0.717, 1.165) is 3.79 Å². The molecule has 1 amide bonds. The Morgan fingerprint density at radius 3 is 2.75 bits per heavy atom. The Labute approximate surface area is 106 Å². The molecule has 2 N–H and O–H groups in total. The van der Waals surface area contributed by atoms with Gasteiger partial charge in [-0.25, -0.2) is 0 Å². The molecule has 0 atom stereocenters. The van der Waals surface area contributed by atoms with E-state index < -0.39 is 5.97 Å². The van der Waals surface area contributed by atoms with Gasteiger partial charge >= 0.3 is 5.97 Å². The third-order valence-electron chi connectivity index (χ3n) is 1.93. The number of halogens is 1. The van der Waals surface area contributed by atoms with Crippen molar-refractivity contribution in [1.82, 2.24) is 5.32 Å². The molecule has 88 valence electrons. The lowest BCUT2D eigenvalue weighted by Gasteiger charge is -2.02. The minimum absolute atomic E-state index is 0.114. The second-order valence-electron chi connectivity index (χ2n) is 3.25. The van der Waals surface area contributed by atoms with Gasteiger partial charge in [0.25, 0.3) is 5.91 Å². The van der Waals surface area contributed by atoms with Gasteiger partial charge in [-0.15, -0.1) is 11.3 Å². The average Bonchev–Trinajstić information content (AvgIpc) is 2.63. The van der Waals surface area contributed by atoms with Gasteiger partial charge in [0.05, 0.1) is 9.35 Å². The SMILES string of the molecule is O=C(O)CCCCNC(=O)c1csc(Br)c1. The molecule has 16 heavy (non-hydrogen) atoms. The largest absolute Gasteiger partial charge is 0.481 e. The molecule has 0 radical (unpaired) electrons. The fourth-order valence-electron chi connectivity index (χ4n) is 1.13. The summed E-state index contributed by atoms with van der Waals surface area (Å²) in [5, 5.41) is 12.9. The number of rotatable bonds is 6. The van der Waals surface area contributed by atoms with Crippen LogP contribution < -0.4 is 5.32 Å². The van der Waals surface area contributed by atoms with E-state index in [1.165, 1.54) is 11.3 Å². The maximum atomic E-state index is 11.5. The molecular formula is C10H12BrNO3S. The first-order chi connectivity index (χ1) is 7.59. The molecule has 4 nitrogen and oxygen atoms in total. The first-order valence-electron chi connectivity index (χ1n) is 4.83. The Hall–Kier alpha value is -0.880. The van der Waals surface area contributed by atoms with E-state index in [1.54, 1.807) is 11.4 Å². The zero-order valence-electron chi connectivity index (χ0n) is 8.53. The summed E-state index contributed by atoms with van der Waals surface area (Å²) in [6.45, 7) is 0.513. The molecule has 0 aliphatic rings. The van der Waals surface area contributed by atoms with E-state index in [0.29, 0.717) is 24.9 Å². The lowest BCUT2D eigenvalue weighted by Crippen LogP contribution is -2.23. The van der Waals surface area contributed by atoms with Crippen LogP contribution in [0.15, 0.2) is 15.2 Å². The standard InChI is InChI=1S/C10H12BrNO3S/c11-8-5-7(6-16-8)10(15)12-4-2-1-3-9(13)14/h5-6H,1-4H2,(H,12,15)(H,13,14). The van der Waals surface area contributed by atoms with Gasteiger partial charge in [-0.1, -0.05) is 0 Å². The number of hydrogen-bond donors (Lipinski definition) is 2. The van der Waals surface area contributed by atoms with Crippen LogP contribution in [0.3, 0.4) is 0 Å². The van der Waals surface area contributed by atoms with Crippen molar-refractivity contribution in [3.05, 3.63) is 20.8 Å². The van der Waals surface area contributed by atoms with Crippen LogP contribution in [-0.2, 0) is 4.79 Å². The quantitative estimate of drug-likeness (QED) is 0.794. The van der Waals surface area contributed by atoms with Crippen LogP contribution in [0.4, 0.5) is 0 Å². The highest BCUT2D eigenvalue weighted by Crippen LogP contribution is 2.20. The molecule has 0 aliphatic carbocycles. The molecule has 1 rings (SSSR count). The number of nitrogens with one attached hydrogen (secondary N) is 1. The number of hydrogen-bond acceptors (Lipinski definition) is 3. The summed E-state index contributed by atoms with van der Waals surface area (Å²) in [6, 6.07) is 1.76. The number of amides is 1. The molecule has 0 unspecified atom stereocenters. The highest BCUT2D eigenvalue weighted by molar-refractivity contribution is 9.11. The van der Waals surface area contributed by atoms with Gasteiger partial charge in [0.15, 0.2) is 0 Å². The summed E-state index contributed by atoms with van der Waals surface area (Å²) in [6.07, 6.45) is 1.42. The van der Waals surface area contributed by atoms with E-state index in [2.05, 4.69) is 21.2 Å². The Morgan fingerprint density at radius 1 is 1.44 bits per heavy atom. The summed E-state index contributed by atoms with van der Waals surface area (Å²) in [5.74, 6) is -0.912. The van der Waals surface area contributed by atoms with E-state index in [9.17, 15) is 9.59 Å². The van der Waals surface area contributed by atoms with E-state index >= 15 is 0 Å². The highest BCUT2D eigenvalue weighted by atomic mass is 79.9. The molecule has 6 heteroatoms. The van der Waals surface area contributed by atoms with Crippen molar-refractivity contribution in [3.8, 4) is 0 Å². The van der Waals surface area contributed by atoms with Gasteiger partial charge in [-0.3, -0.25) is 9.59 Å². The molecule has 0 saturated heterocycles. The van der Waals surface area contributed by atoms with E-state index in [-0.39, 0.29) is 12.3 Å². The molecule has 0 aromatic carbocycles. The van der Waals surface area contributed by atoms with E-state index in [1.807, 2.05) is 0 Å². The maximum absolute atomic E-state index is 11.5. The number of carbonyl (C=O) groups is 2. The minimum Gasteiger partial charge on any atom is -0.481 e. The zero-order chi connectivity index (χ0) is 12.0. The maximum Gasteiger partial charge on any atom is 0.303 e. The minimum atomic E-state index is -0.798. The second kappa shape index (κ2) is 6.65. The van der Waals surface area contributed by atoms with Crippen molar-refractivity contribution in [2.75, 3.05) is 6.54 Å². The predicted octanol–water partition coefficient (Wildman–Crippen LogP) is 2.50. The summed E-state index contributed by atoms with van der Waals surface area (Å²) in [7, 11) is 0. The Kier molecular flexibility index (Phi) is 5.48. The van der Waals surface area contributed by atoms with Crippen LogP contribution in [0.2, 0.25) is 0 Å². The number of aliphatic carboxylic acids is 1. The van der Waals surface area contributed by atoms with Crippen molar-refractivity contribution in [2.45, 2.75) is 19.3 Å². The third kappa shape index (κ3) is 4.76. The van der Waals surface area contributed by atoms with Crippen LogP contribution in [0.5, 0.6) is 0 Å². The Bertz CT molecular complexity index is 378. The van der Waals surface area contributed by atoms with Crippen molar-refractivity contribution in [2.24, 2.45) is 0 Å². The van der Waals surface area contributed by atoms with Crippen molar-refractivity contribution < 1.29 is 14.7 Å². The average molecular weight is 306 g/mol. The molecule has 1 aromatic rings. The number of carbonyl (C=O) groups excluding carboxylic acids is 1. The predicted molar refractivity (Wildman–Crippen MR) is 65.8 cm³/mol. The number of carboxylic acid groups (broad SMARTS) is 1. The topological polar surface area (TPSA) is 66.4 Å². The van der Waals surface area contributed by atoms with Crippen molar-refractivity contribution in [1.29, 1.82) is 0 Å². The monoisotopic (exact) mass is 305 g/mol. The van der Waals surface area contributed by atoms with E-state index in [4.69, 9.17) is 5.11 Å². The van der Waals surface area contributed by atoms with Crippen LogP contribution in [0.25, 0.3) is 0 Å². The van der Waals surface area contributed by atoms with Gasteiger partial charge in [-0.2, -0.15) is 0 Å². The van der Waals surface area contributed by atoms with Gasteiger partial charge < -0.3 is 10.4 Å². The van der Waals surface area contributed by atoms with Crippen LogP contribution in [-0.4, -0.2) is 23.5 Å². The lowest BCUT2D eigenvalue weighted by molar-refractivity contribution is -0.137. The van der Waals surface area contributed by atoms with Crippen molar-refractivity contribution >= 4 is 39.1 Å². The summed E-state index contributed by atoms with van der Waals surface area (Å²) in [5.41, 5.74) is 0.634. The second-order valence-corrected chi connectivity index (χ2v) is 5.54. The first kappa shape index (κ1) is 13.2. The smallest absolute Gasteiger partial charge is 0.303 e. The van der Waals surface area contributed by atoms with Gasteiger partial charge in [0, 0.05) is 18.3 Å². The summed E-state index contributed by atoms with van der Waals surface area (Å²) >= 11 is 4.74. The Balaban J connectivity index is 2.18. The molecule has 0 saturated carbocycles. The summed E-state index contributed by atoms with van der Waals surface area (Å²) < 4.78 is 0.920. The molecular weight excluding hydrogens is 294 g/mol. The zero-order valence-corrected chi connectivity index (χ0v) is 10.9. The van der Waals surface area contributed by atoms with Gasteiger partial charge in [-0.05, 0) is 34.8 Å². The molecule has 0 fully saturated rings. The molecule has 0 aliphatic heterocycles. The van der Waals surface area contributed by atoms with Gasteiger partial charge in [0.2, 0.25) is 0 Å². The first-order valence-corrected chi connectivity index (χ1v) is 6.51. The fourth-order valence-corrected chi connectivity index (χ4v) is 2.27. The molecule has 1 heterocycles. The highest BCUT2D eigenvalue weighted by Gasteiger charge is 2.06. The normalized spacial score (nSPS) is 10.1. The fraction of sp³-hybridized carbons (Fsp3) is 0.400. The third-order valence-corrected chi connectivity index (χ3v) is 3.44. The van der Waals surface area contributed by atoms with Crippen LogP contribution in [0, 0.1) is 0 Å². The Morgan fingerprint density at radius 2 is 2.19 bits per heavy atom.